The molecule has 2 heterocycles. The Labute approximate surface area is 101 Å². The van der Waals surface area contributed by atoms with Crippen LogP contribution in [0.15, 0.2) is 0 Å². The summed E-state index contributed by atoms with van der Waals surface area (Å²) in [4.78, 5) is 2.66. The number of nitrogens with zero attached hydrogens (tertiary/aromatic N) is 1. The summed E-state index contributed by atoms with van der Waals surface area (Å²) >= 11 is 0. The fourth-order valence-electron chi connectivity index (χ4n) is 3.11. The van der Waals surface area contributed by atoms with Gasteiger partial charge in [-0.3, -0.25) is 9.11 Å². The van der Waals surface area contributed by atoms with Crippen LogP contribution < -0.4 is 5.32 Å². The van der Waals surface area contributed by atoms with Crippen molar-refractivity contribution in [2.45, 2.75) is 50.7 Å². The van der Waals surface area contributed by atoms with Gasteiger partial charge in [0.05, 0.1) is 0 Å². The monoisotopic (exact) mass is 244 g/mol. The first kappa shape index (κ1) is 12.5. The van der Waals surface area contributed by atoms with Gasteiger partial charge in [-0.15, -0.1) is 0 Å². The maximum Gasteiger partial charge on any atom is 0.0249 e. The normalized spacial score (nSPS) is 42.1. The molecular weight excluding hydrogens is 220 g/mol. The van der Waals surface area contributed by atoms with Crippen LogP contribution in [0, 0.1) is 0 Å². The van der Waals surface area contributed by atoms with E-state index in [2.05, 4.69) is 24.2 Å². The lowest BCUT2D eigenvalue weighted by molar-refractivity contribution is 0.0841. The zero-order chi connectivity index (χ0) is 11.5. The minimum atomic E-state index is -0.524. The highest BCUT2D eigenvalue weighted by molar-refractivity contribution is 7.85. The van der Waals surface area contributed by atoms with Crippen molar-refractivity contribution in [1.82, 2.24) is 10.2 Å². The summed E-state index contributed by atoms with van der Waals surface area (Å²) in [6.07, 6.45) is 4.80. The van der Waals surface area contributed by atoms with Gasteiger partial charge in [-0.05, 0) is 39.7 Å². The van der Waals surface area contributed by atoms with E-state index < -0.39 is 10.8 Å². The molecule has 0 aromatic heterocycles. The van der Waals surface area contributed by atoms with Crippen LogP contribution in [-0.4, -0.2) is 52.3 Å². The Balaban J connectivity index is 1.88. The fraction of sp³-hybridized carbons (Fsp3) is 1.00. The molecule has 0 amide bonds. The molecule has 0 aromatic carbocycles. The molecule has 4 heteroatoms. The van der Waals surface area contributed by atoms with Crippen LogP contribution in [0.5, 0.6) is 0 Å². The van der Waals surface area contributed by atoms with Crippen molar-refractivity contribution in [1.29, 1.82) is 0 Å². The van der Waals surface area contributed by atoms with Crippen LogP contribution in [0.3, 0.4) is 0 Å². The molecule has 3 nitrogen and oxygen atoms in total. The summed E-state index contributed by atoms with van der Waals surface area (Å²) in [5.41, 5.74) is 0. The molecule has 1 N–H and O–H groups in total. The molecule has 2 saturated heterocycles. The molecule has 2 aliphatic rings. The minimum absolute atomic E-state index is 0.524. The van der Waals surface area contributed by atoms with Gasteiger partial charge in [-0.2, -0.15) is 0 Å². The minimum Gasteiger partial charge on any atom is -0.317 e. The Hall–Kier alpha value is 0.0700. The summed E-state index contributed by atoms with van der Waals surface area (Å²) in [7, 11) is 1.54. The van der Waals surface area contributed by atoms with Gasteiger partial charge in [0.1, 0.15) is 0 Å². The highest BCUT2D eigenvalue weighted by Crippen LogP contribution is 2.25. The van der Waals surface area contributed by atoms with E-state index in [1.54, 1.807) is 0 Å². The lowest BCUT2D eigenvalue weighted by atomic mass is 9.95. The molecule has 0 aromatic rings. The number of likely N-dealkylation sites (tertiary alicyclic amines) is 1. The standard InChI is InChI=1S/C12H24N2OS/c1-10-9-11(13-2)3-6-14(10)12-4-7-16(15)8-5-12/h10-13H,3-9H2,1-2H3. The molecule has 0 bridgehead atoms. The van der Waals surface area contributed by atoms with Gasteiger partial charge < -0.3 is 5.32 Å². The van der Waals surface area contributed by atoms with Crippen LogP contribution in [0.2, 0.25) is 0 Å². The Morgan fingerprint density at radius 3 is 2.50 bits per heavy atom. The third-order valence-corrected chi connectivity index (χ3v) is 5.54. The molecule has 16 heavy (non-hydrogen) atoms. The van der Waals surface area contributed by atoms with E-state index in [1.165, 1.54) is 19.4 Å². The number of nitrogens with one attached hydrogen (secondary N) is 1. The van der Waals surface area contributed by atoms with Crippen molar-refractivity contribution in [3.05, 3.63) is 0 Å². The predicted octanol–water partition coefficient (Wildman–Crippen LogP) is 0.970. The molecule has 2 atom stereocenters. The molecule has 0 saturated carbocycles. The van der Waals surface area contributed by atoms with Crippen molar-refractivity contribution in [3.63, 3.8) is 0 Å². The van der Waals surface area contributed by atoms with E-state index >= 15 is 0 Å². The summed E-state index contributed by atoms with van der Waals surface area (Å²) in [5.74, 6) is 1.84. The van der Waals surface area contributed by atoms with E-state index in [-0.39, 0.29) is 0 Å². The first-order valence-corrected chi connectivity index (χ1v) is 7.97. The molecule has 2 aliphatic heterocycles. The molecule has 0 aliphatic carbocycles. The van der Waals surface area contributed by atoms with E-state index in [9.17, 15) is 4.21 Å². The Bertz CT molecular complexity index is 249. The van der Waals surface area contributed by atoms with Gasteiger partial charge >= 0.3 is 0 Å². The first-order chi connectivity index (χ1) is 7.70. The van der Waals surface area contributed by atoms with Gasteiger partial charge in [0.2, 0.25) is 0 Å². The summed E-state index contributed by atoms with van der Waals surface area (Å²) in [6, 6.07) is 2.08. The lowest BCUT2D eigenvalue weighted by Gasteiger charge is -2.43. The van der Waals surface area contributed by atoms with E-state index in [0.717, 1.165) is 24.3 Å². The third-order valence-electron chi connectivity index (χ3n) is 4.16. The van der Waals surface area contributed by atoms with Gasteiger partial charge in [-0.25, -0.2) is 0 Å². The molecule has 0 radical (unpaired) electrons. The maximum absolute atomic E-state index is 11.4. The van der Waals surface area contributed by atoms with Crippen molar-refractivity contribution in [3.8, 4) is 0 Å². The molecule has 2 rings (SSSR count). The summed E-state index contributed by atoms with van der Waals surface area (Å²) in [5, 5.41) is 3.39. The van der Waals surface area contributed by atoms with Gasteiger partial charge in [0.15, 0.2) is 0 Å². The quantitative estimate of drug-likeness (QED) is 0.785. The second kappa shape index (κ2) is 5.61. The molecule has 2 fully saturated rings. The zero-order valence-corrected chi connectivity index (χ0v) is 11.3. The average Bonchev–Trinajstić information content (AvgIpc) is 2.30. The number of piperidine rings is 1. The summed E-state index contributed by atoms with van der Waals surface area (Å²) < 4.78 is 11.4. The van der Waals surface area contributed by atoms with E-state index in [4.69, 9.17) is 0 Å². The van der Waals surface area contributed by atoms with Crippen LogP contribution in [-0.2, 0) is 10.8 Å². The van der Waals surface area contributed by atoms with Crippen LogP contribution in [0.25, 0.3) is 0 Å². The van der Waals surface area contributed by atoms with E-state index in [1.807, 2.05) is 0 Å². The highest BCUT2D eigenvalue weighted by atomic mass is 32.2. The second-order valence-corrected chi connectivity index (χ2v) is 6.87. The largest absolute Gasteiger partial charge is 0.317 e. The molecule has 2 unspecified atom stereocenters. The fourth-order valence-corrected chi connectivity index (χ4v) is 4.38. The lowest BCUT2D eigenvalue weighted by Crippen LogP contribution is -2.52. The second-order valence-electron chi connectivity index (χ2n) is 5.18. The molecular formula is C12H24N2OS. The number of hydrogen-bond donors (Lipinski definition) is 1. The summed E-state index contributed by atoms with van der Waals surface area (Å²) in [6.45, 7) is 3.55. The number of hydrogen-bond acceptors (Lipinski definition) is 3. The van der Waals surface area contributed by atoms with Gasteiger partial charge in [0.25, 0.3) is 0 Å². The average molecular weight is 244 g/mol. The van der Waals surface area contributed by atoms with E-state index in [0.29, 0.717) is 18.1 Å². The Kier molecular flexibility index (Phi) is 4.39. The molecule has 0 spiro atoms. The molecule has 94 valence electrons. The SMILES string of the molecule is CNC1CCN(C2CCS(=O)CC2)C(C)C1. The third kappa shape index (κ3) is 2.84. The van der Waals surface area contributed by atoms with Crippen LogP contribution >= 0.6 is 0 Å². The van der Waals surface area contributed by atoms with Crippen molar-refractivity contribution < 1.29 is 4.21 Å². The van der Waals surface area contributed by atoms with Crippen molar-refractivity contribution in [2.24, 2.45) is 0 Å². The maximum atomic E-state index is 11.4. The predicted molar refractivity (Wildman–Crippen MR) is 69.1 cm³/mol. The highest BCUT2D eigenvalue weighted by Gasteiger charge is 2.31. The first-order valence-electron chi connectivity index (χ1n) is 6.48. The van der Waals surface area contributed by atoms with Gasteiger partial charge in [0, 0.05) is 47.0 Å². The topological polar surface area (TPSA) is 32.3 Å². The van der Waals surface area contributed by atoms with Crippen molar-refractivity contribution in [2.75, 3.05) is 25.1 Å². The van der Waals surface area contributed by atoms with Crippen LogP contribution in [0.4, 0.5) is 0 Å². The van der Waals surface area contributed by atoms with Crippen molar-refractivity contribution >= 4 is 10.8 Å². The zero-order valence-electron chi connectivity index (χ0n) is 10.4. The number of rotatable bonds is 2. The smallest absolute Gasteiger partial charge is 0.0249 e. The Morgan fingerprint density at radius 1 is 1.25 bits per heavy atom. The van der Waals surface area contributed by atoms with Crippen LogP contribution in [0.1, 0.15) is 32.6 Å². The Morgan fingerprint density at radius 2 is 1.94 bits per heavy atom. The van der Waals surface area contributed by atoms with Gasteiger partial charge in [-0.1, -0.05) is 0 Å².